The fourth-order valence-electron chi connectivity index (χ4n) is 1.07. The van der Waals surface area contributed by atoms with Gasteiger partial charge in [0.25, 0.3) is 0 Å². The summed E-state index contributed by atoms with van der Waals surface area (Å²) in [5, 5.41) is 0. The number of methoxy groups -OCH3 is 1. The maximum atomic E-state index is 11.5. The average Bonchev–Trinajstić information content (AvgIpc) is 2.18. The third kappa shape index (κ3) is 2.65. The van der Waals surface area contributed by atoms with E-state index < -0.39 is 6.04 Å². The molecule has 2 N–H and O–H groups in total. The zero-order valence-electron chi connectivity index (χ0n) is 7.57. The van der Waals surface area contributed by atoms with Gasteiger partial charge in [0.15, 0.2) is 5.78 Å². The highest BCUT2D eigenvalue weighted by atomic mass is 16.5. The molecule has 3 heteroatoms. The van der Waals surface area contributed by atoms with Crippen LogP contribution in [-0.4, -0.2) is 25.5 Å². The Bertz CT molecular complexity index is 272. The molecule has 1 atom stereocenters. The summed E-state index contributed by atoms with van der Waals surface area (Å²) < 4.78 is 4.80. The number of ether oxygens (including phenoxy) is 1. The average molecular weight is 179 g/mol. The molecule has 70 valence electrons. The molecule has 1 aromatic carbocycles. The highest BCUT2D eigenvalue weighted by molar-refractivity contribution is 5.99. The van der Waals surface area contributed by atoms with Gasteiger partial charge in [-0.3, -0.25) is 4.79 Å². The SMILES string of the molecule is COC[C@H](N)C(=O)c1ccccc1. The van der Waals surface area contributed by atoms with Gasteiger partial charge in [0.1, 0.15) is 0 Å². The first-order valence-corrected chi connectivity index (χ1v) is 4.09. The Morgan fingerprint density at radius 3 is 2.62 bits per heavy atom. The van der Waals surface area contributed by atoms with Crippen LogP contribution in [0.25, 0.3) is 0 Å². The molecule has 0 bridgehead atoms. The molecule has 0 saturated heterocycles. The molecule has 0 spiro atoms. The molecule has 1 rings (SSSR count). The third-order valence-corrected chi connectivity index (χ3v) is 1.74. The van der Waals surface area contributed by atoms with Crippen molar-refractivity contribution in [3.63, 3.8) is 0 Å². The molecular formula is C10H13NO2. The van der Waals surface area contributed by atoms with Crippen LogP contribution in [0.1, 0.15) is 10.4 Å². The van der Waals surface area contributed by atoms with Crippen molar-refractivity contribution in [2.24, 2.45) is 5.73 Å². The topological polar surface area (TPSA) is 52.3 Å². The maximum Gasteiger partial charge on any atom is 0.181 e. The molecule has 0 heterocycles. The van der Waals surface area contributed by atoms with Crippen molar-refractivity contribution >= 4 is 5.78 Å². The lowest BCUT2D eigenvalue weighted by Crippen LogP contribution is -2.34. The van der Waals surface area contributed by atoms with Crippen LogP contribution in [0.5, 0.6) is 0 Å². The van der Waals surface area contributed by atoms with Crippen LogP contribution in [0.4, 0.5) is 0 Å². The Labute approximate surface area is 77.5 Å². The first-order valence-electron chi connectivity index (χ1n) is 4.09. The number of nitrogens with two attached hydrogens (primary N) is 1. The number of carbonyl (C=O) groups excluding carboxylic acids is 1. The van der Waals surface area contributed by atoms with Gasteiger partial charge in [-0.15, -0.1) is 0 Å². The van der Waals surface area contributed by atoms with Crippen molar-refractivity contribution in [3.8, 4) is 0 Å². The van der Waals surface area contributed by atoms with E-state index in [1.165, 1.54) is 7.11 Å². The van der Waals surface area contributed by atoms with Gasteiger partial charge in [-0.25, -0.2) is 0 Å². The summed E-state index contributed by atoms with van der Waals surface area (Å²) in [5.41, 5.74) is 6.22. The van der Waals surface area contributed by atoms with Crippen LogP contribution in [0, 0.1) is 0 Å². The Morgan fingerprint density at radius 2 is 2.08 bits per heavy atom. The second kappa shape index (κ2) is 4.74. The van der Waals surface area contributed by atoms with Gasteiger partial charge < -0.3 is 10.5 Å². The van der Waals surface area contributed by atoms with Crippen LogP contribution in [0.2, 0.25) is 0 Å². The van der Waals surface area contributed by atoms with Crippen LogP contribution in [0.15, 0.2) is 30.3 Å². The number of hydrogen-bond donors (Lipinski definition) is 1. The first kappa shape index (κ1) is 9.89. The summed E-state index contributed by atoms with van der Waals surface area (Å²) >= 11 is 0. The van der Waals surface area contributed by atoms with Gasteiger partial charge >= 0.3 is 0 Å². The number of benzene rings is 1. The highest BCUT2D eigenvalue weighted by Gasteiger charge is 2.14. The lowest BCUT2D eigenvalue weighted by Gasteiger charge is -2.08. The van der Waals surface area contributed by atoms with Gasteiger partial charge in [-0.2, -0.15) is 0 Å². The summed E-state index contributed by atoms with van der Waals surface area (Å²) in [4.78, 5) is 11.5. The molecule has 0 aliphatic rings. The summed E-state index contributed by atoms with van der Waals surface area (Å²) in [6.07, 6.45) is 0. The van der Waals surface area contributed by atoms with E-state index in [1.807, 2.05) is 18.2 Å². The third-order valence-electron chi connectivity index (χ3n) is 1.74. The fourth-order valence-corrected chi connectivity index (χ4v) is 1.07. The minimum Gasteiger partial charge on any atom is -0.383 e. The van der Waals surface area contributed by atoms with Crippen molar-refractivity contribution in [3.05, 3.63) is 35.9 Å². The molecule has 1 aromatic rings. The Morgan fingerprint density at radius 1 is 1.46 bits per heavy atom. The second-order valence-electron chi connectivity index (χ2n) is 2.79. The first-order chi connectivity index (χ1) is 6.25. The smallest absolute Gasteiger partial charge is 0.181 e. The Hall–Kier alpha value is -1.19. The van der Waals surface area contributed by atoms with Crippen LogP contribution < -0.4 is 5.73 Å². The second-order valence-corrected chi connectivity index (χ2v) is 2.79. The number of rotatable bonds is 4. The fraction of sp³-hybridized carbons (Fsp3) is 0.300. The summed E-state index contributed by atoms with van der Waals surface area (Å²) in [7, 11) is 1.53. The normalized spacial score (nSPS) is 12.5. The largest absolute Gasteiger partial charge is 0.383 e. The van der Waals surface area contributed by atoms with Crippen LogP contribution >= 0.6 is 0 Å². The maximum absolute atomic E-state index is 11.5. The predicted octanol–water partition coefficient (Wildman–Crippen LogP) is 0.843. The minimum absolute atomic E-state index is 0.0811. The van der Waals surface area contributed by atoms with Gasteiger partial charge in [0, 0.05) is 12.7 Å². The molecule has 0 aromatic heterocycles. The van der Waals surface area contributed by atoms with Crippen molar-refractivity contribution < 1.29 is 9.53 Å². The Balaban J connectivity index is 2.68. The zero-order chi connectivity index (χ0) is 9.68. The summed E-state index contributed by atoms with van der Waals surface area (Å²) in [6, 6.07) is 8.42. The van der Waals surface area contributed by atoms with E-state index in [2.05, 4.69) is 0 Å². The van der Waals surface area contributed by atoms with Gasteiger partial charge in [-0.1, -0.05) is 30.3 Å². The molecule has 0 radical (unpaired) electrons. The summed E-state index contributed by atoms with van der Waals surface area (Å²) in [5.74, 6) is -0.0811. The standard InChI is InChI=1S/C10H13NO2/c1-13-7-9(11)10(12)8-5-3-2-4-6-8/h2-6,9H,7,11H2,1H3/t9-/m0/s1. The lowest BCUT2D eigenvalue weighted by atomic mass is 10.1. The number of Topliss-reactive ketones (excluding diaryl/α,β-unsaturated/α-hetero) is 1. The highest BCUT2D eigenvalue weighted by Crippen LogP contribution is 2.02. The van der Waals surface area contributed by atoms with Gasteiger partial charge in [-0.05, 0) is 0 Å². The molecule has 0 fully saturated rings. The molecule has 0 saturated carbocycles. The van der Waals surface area contributed by atoms with Crippen molar-refractivity contribution in [1.82, 2.24) is 0 Å². The molecule has 3 nitrogen and oxygen atoms in total. The number of carbonyl (C=O) groups is 1. The lowest BCUT2D eigenvalue weighted by molar-refractivity contribution is 0.0892. The van der Waals surface area contributed by atoms with E-state index in [4.69, 9.17) is 10.5 Å². The quantitative estimate of drug-likeness (QED) is 0.697. The molecular weight excluding hydrogens is 166 g/mol. The van der Waals surface area contributed by atoms with E-state index >= 15 is 0 Å². The van der Waals surface area contributed by atoms with E-state index in [-0.39, 0.29) is 12.4 Å². The monoisotopic (exact) mass is 179 g/mol. The van der Waals surface area contributed by atoms with Gasteiger partial charge in [0.2, 0.25) is 0 Å². The molecule has 0 unspecified atom stereocenters. The van der Waals surface area contributed by atoms with E-state index in [9.17, 15) is 4.79 Å². The van der Waals surface area contributed by atoms with Crippen LogP contribution in [-0.2, 0) is 4.74 Å². The number of ketones is 1. The van der Waals surface area contributed by atoms with Crippen molar-refractivity contribution in [2.45, 2.75) is 6.04 Å². The summed E-state index contributed by atoms with van der Waals surface area (Å²) in [6.45, 7) is 0.258. The molecule has 0 aliphatic heterocycles. The molecule has 0 aliphatic carbocycles. The minimum atomic E-state index is -0.563. The number of hydrogen-bond acceptors (Lipinski definition) is 3. The van der Waals surface area contributed by atoms with E-state index in [1.54, 1.807) is 12.1 Å². The molecule has 0 amide bonds. The van der Waals surface area contributed by atoms with E-state index in [0.717, 1.165) is 0 Å². The zero-order valence-corrected chi connectivity index (χ0v) is 7.57. The van der Waals surface area contributed by atoms with E-state index in [0.29, 0.717) is 5.56 Å². The van der Waals surface area contributed by atoms with Gasteiger partial charge in [0.05, 0.1) is 12.6 Å². The van der Waals surface area contributed by atoms with Crippen LogP contribution in [0.3, 0.4) is 0 Å². The predicted molar refractivity (Wildman–Crippen MR) is 50.6 cm³/mol. The molecule has 13 heavy (non-hydrogen) atoms. The van der Waals surface area contributed by atoms with Crippen molar-refractivity contribution in [1.29, 1.82) is 0 Å². The Kier molecular flexibility index (Phi) is 3.61. The van der Waals surface area contributed by atoms with Crippen molar-refractivity contribution in [2.75, 3.05) is 13.7 Å².